The summed E-state index contributed by atoms with van der Waals surface area (Å²) in [5, 5.41) is 9.25. The Morgan fingerprint density at radius 2 is 1.97 bits per heavy atom. The predicted octanol–water partition coefficient (Wildman–Crippen LogP) is 5.87. The lowest BCUT2D eigenvalue weighted by Crippen LogP contribution is -1.97. The van der Waals surface area contributed by atoms with E-state index in [1.54, 1.807) is 61.7 Å². The van der Waals surface area contributed by atoms with Crippen molar-refractivity contribution in [3.8, 4) is 11.1 Å². The van der Waals surface area contributed by atoms with E-state index in [2.05, 4.69) is 16.5 Å². The Labute approximate surface area is 169 Å². The fourth-order valence-electron chi connectivity index (χ4n) is 3.12. The zero-order valence-corrected chi connectivity index (χ0v) is 16.4. The first-order valence-electron chi connectivity index (χ1n) is 9.69. The van der Waals surface area contributed by atoms with E-state index < -0.39 is 11.6 Å². The fraction of sp³-hybridized carbons (Fsp3) is 0.250. The maximum atomic E-state index is 14.7. The van der Waals surface area contributed by atoms with Crippen molar-refractivity contribution in [1.29, 1.82) is 0 Å². The van der Waals surface area contributed by atoms with Gasteiger partial charge < -0.3 is 5.11 Å². The van der Waals surface area contributed by atoms with Gasteiger partial charge in [0.2, 0.25) is 0 Å². The number of aliphatic hydroxyl groups excluding tert-OH is 1. The molecule has 0 radical (unpaired) electrons. The minimum absolute atomic E-state index is 0.188. The molecule has 0 spiro atoms. The number of aromatic nitrogens is 2. The highest BCUT2D eigenvalue weighted by Gasteiger charge is 2.14. The Bertz CT molecular complexity index is 1040. The molecule has 1 heterocycles. The third-order valence-electron chi connectivity index (χ3n) is 4.66. The van der Waals surface area contributed by atoms with Crippen LogP contribution in [0.1, 0.15) is 37.4 Å². The molecule has 1 aromatic heterocycles. The van der Waals surface area contributed by atoms with Gasteiger partial charge in [0, 0.05) is 23.7 Å². The van der Waals surface area contributed by atoms with Crippen molar-refractivity contribution in [3.05, 3.63) is 78.2 Å². The Hall–Kier alpha value is -2.92. The van der Waals surface area contributed by atoms with Crippen LogP contribution < -0.4 is 0 Å². The molecule has 0 aliphatic rings. The summed E-state index contributed by atoms with van der Waals surface area (Å²) in [6.07, 6.45) is 9.25. The Balaban J connectivity index is 1.83. The maximum Gasteiger partial charge on any atom is 0.167 e. The van der Waals surface area contributed by atoms with E-state index in [1.807, 2.05) is 0 Å². The van der Waals surface area contributed by atoms with Gasteiger partial charge in [-0.05, 0) is 43.9 Å². The van der Waals surface area contributed by atoms with Crippen LogP contribution in [0.25, 0.3) is 28.2 Å². The highest BCUT2D eigenvalue weighted by atomic mass is 19.2. The van der Waals surface area contributed by atoms with Crippen molar-refractivity contribution in [2.75, 3.05) is 0 Å². The molecular weight excluding hydrogens is 370 g/mol. The number of hydrogen-bond acceptors (Lipinski definition) is 3. The van der Waals surface area contributed by atoms with Gasteiger partial charge in [-0.3, -0.25) is 4.98 Å². The first kappa shape index (κ1) is 20.8. The number of nitrogens with zero attached hydrogens (tertiary/aromatic N) is 2. The second kappa shape index (κ2) is 9.52. The van der Waals surface area contributed by atoms with Crippen molar-refractivity contribution in [2.24, 2.45) is 0 Å². The van der Waals surface area contributed by atoms with Gasteiger partial charge in [0.05, 0.1) is 22.8 Å². The van der Waals surface area contributed by atoms with Gasteiger partial charge in [-0.25, -0.2) is 13.8 Å². The van der Waals surface area contributed by atoms with Crippen LogP contribution >= 0.6 is 0 Å². The van der Waals surface area contributed by atoms with Crippen molar-refractivity contribution in [2.45, 2.75) is 38.7 Å². The molecule has 1 unspecified atom stereocenters. The van der Waals surface area contributed by atoms with E-state index >= 15 is 0 Å². The SMILES string of the molecule is C=CCc1cnc2cc(-c3ccc(/C=C/CCCC(C)O)c(F)c3F)ccc2n1. The van der Waals surface area contributed by atoms with Crippen LogP contribution in [0.2, 0.25) is 0 Å². The van der Waals surface area contributed by atoms with E-state index in [9.17, 15) is 13.9 Å². The molecule has 0 saturated heterocycles. The number of unbranched alkanes of at least 4 members (excludes halogenated alkanes) is 1. The molecule has 0 aliphatic heterocycles. The molecule has 1 atom stereocenters. The lowest BCUT2D eigenvalue weighted by atomic mass is 10.0. The van der Waals surface area contributed by atoms with Gasteiger partial charge in [-0.1, -0.05) is 36.4 Å². The minimum Gasteiger partial charge on any atom is -0.393 e. The molecule has 0 fully saturated rings. The second-order valence-electron chi connectivity index (χ2n) is 7.07. The monoisotopic (exact) mass is 394 g/mol. The van der Waals surface area contributed by atoms with E-state index in [1.165, 1.54) is 0 Å². The lowest BCUT2D eigenvalue weighted by molar-refractivity contribution is 0.182. The first-order valence-corrected chi connectivity index (χ1v) is 9.69. The third kappa shape index (κ3) is 5.12. The summed E-state index contributed by atoms with van der Waals surface area (Å²) in [7, 11) is 0. The topological polar surface area (TPSA) is 46.0 Å². The normalized spacial score (nSPS) is 12.6. The van der Waals surface area contributed by atoms with Crippen LogP contribution in [0.3, 0.4) is 0 Å². The number of benzene rings is 2. The smallest absolute Gasteiger partial charge is 0.167 e. The van der Waals surface area contributed by atoms with Gasteiger partial charge in [-0.2, -0.15) is 0 Å². The zero-order valence-electron chi connectivity index (χ0n) is 16.4. The first-order chi connectivity index (χ1) is 14.0. The molecule has 2 aromatic carbocycles. The summed E-state index contributed by atoms with van der Waals surface area (Å²) in [4.78, 5) is 8.86. The Morgan fingerprint density at radius 3 is 2.72 bits per heavy atom. The minimum atomic E-state index is -0.883. The average molecular weight is 394 g/mol. The number of fused-ring (bicyclic) bond motifs is 1. The fourth-order valence-corrected chi connectivity index (χ4v) is 3.12. The van der Waals surface area contributed by atoms with Crippen molar-refractivity contribution < 1.29 is 13.9 Å². The molecular formula is C24H24F2N2O. The quantitative estimate of drug-likeness (QED) is 0.384. The standard InChI is InChI=1S/C24H24F2N2O/c1-3-7-19-15-27-22-14-18(11-13-21(22)28-19)20-12-10-17(23(25)24(20)26)9-6-4-5-8-16(2)29/h3,6,9-16,29H,1,4-5,7-8H2,2H3/b9-6+. The maximum absolute atomic E-state index is 14.7. The number of aliphatic hydroxyl groups is 1. The van der Waals surface area contributed by atoms with E-state index in [0.717, 1.165) is 12.1 Å². The van der Waals surface area contributed by atoms with Crippen LogP contribution in [0.15, 0.2) is 55.3 Å². The van der Waals surface area contributed by atoms with Crippen LogP contribution in [0, 0.1) is 11.6 Å². The molecule has 5 heteroatoms. The van der Waals surface area contributed by atoms with Crippen LogP contribution in [0.5, 0.6) is 0 Å². The highest BCUT2D eigenvalue weighted by molar-refractivity contribution is 5.81. The molecule has 0 aliphatic carbocycles. The Morgan fingerprint density at radius 1 is 1.14 bits per heavy atom. The highest BCUT2D eigenvalue weighted by Crippen LogP contribution is 2.29. The largest absolute Gasteiger partial charge is 0.393 e. The van der Waals surface area contributed by atoms with Gasteiger partial charge in [0.1, 0.15) is 0 Å². The predicted molar refractivity (Wildman–Crippen MR) is 113 cm³/mol. The lowest BCUT2D eigenvalue weighted by Gasteiger charge is -2.08. The molecule has 3 rings (SSSR count). The molecule has 3 aromatic rings. The summed E-state index contributed by atoms with van der Waals surface area (Å²) in [6.45, 7) is 5.42. The molecule has 150 valence electrons. The van der Waals surface area contributed by atoms with Crippen LogP contribution in [-0.4, -0.2) is 21.2 Å². The van der Waals surface area contributed by atoms with Crippen molar-refractivity contribution >= 4 is 17.1 Å². The second-order valence-corrected chi connectivity index (χ2v) is 7.07. The summed E-state index contributed by atoms with van der Waals surface area (Å²) < 4.78 is 29.2. The third-order valence-corrected chi connectivity index (χ3v) is 4.66. The number of allylic oxidation sites excluding steroid dienone is 2. The van der Waals surface area contributed by atoms with E-state index in [4.69, 9.17) is 0 Å². The zero-order chi connectivity index (χ0) is 20.8. The molecule has 0 saturated carbocycles. The molecule has 0 amide bonds. The van der Waals surface area contributed by atoms with Crippen LogP contribution in [-0.2, 0) is 6.42 Å². The van der Waals surface area contributed by atoms with Crippen molar-refractivity contribution in [1.82, 2.24) is 9.97 Å². The molecule has 3 nitrogen and oxygen atoms in total. The number of hydrogen-bond donors (Lipinski definition) is 1. The van der Waals surface area contributed by atoms with Crippen molar-refractivity contribution in [3.63, 3.8) is 0 Å². The summed E-state index contributed by atoms with van der Waals surface area (Å²) in [6, 6.07) is 8.34. The van der Waals surface area contributed by atoms with E-state index in [-0.39, 0.29) is 17.2 Å². The van der Waals surface area contributed by atoms with Gasteiger partial charge in [0.15, 0.2) is 11.6 Å². The molecule has 1 N–H and O–H groups in total. The van der Waals surface area contributed by atoms with Crippen LogP contribution in [0.4, 0.5) is 8.78 Å². The average Bonchev–Trinajstić information content (AvgIpc) is 2.70. The van der Waals surface area contributed by atoms with E-state index in [0.29, 0.717) is 35.9 Å². The number of halogens is 2. The summed E-state index contributed by atoms with van der Waals surface area (Å²) in [5.74, 6) is -1.76. The Kier molecular flexibility index (Phi) is 6.83. The summed E-state index contributed by atoms with van der Waals surface area (Å²) >= 11 is 0. The molecule has 0 bridgehead atoms. The summed E-state index contributed by atoms with van der Waals surface area (Å²) in [5.41, 5.74) is 3.07. The number of rotatable bonds is 8. The van der Waals surface area contributed by atoms with Gasteiger partial charge in [0.25, 0.3) is 0 Å². The van der Waals surface area contributed by atoms with Gasteiger partial charge >= 0.3 is 0 Å². The van der Waals surface area contributed by atoms with Gasteiger partial charge in [-0.15, -0.1) is 6.58 Å². The molecule has 29 heavy (non-hydrogen) atoms.